The first-order chi connectivity index (χ1) is 8.47. The summed E-state index contributed by atoms with van der Waals surface area (Å²) < 4.78 is 3.39. The van der Waals surface area contributed by atoms with Gasteiger partial charge in [-0.1, -0.05) is 15.9 Å². The summed E-state index contributed by atoms with van der Waals surface area (Å²) in [6, 6.07) is 6.41. The molecule has 0 aliphatic carbocycles. The standard InChI is InChI=1S/C13H12Br3NS/c1-7-3-9(14)4-8(2)12(7)17-6-10-5-11(15)13(16)18-10/h3-5,17H,6H2,1-2H3. The number of nitrogens with one attached hydrogen (secondary N) is 1. The number of aryl methyl sites for hydroxylation is 2. The highest BCUT2D eigenvalue weighted by atomic mass is 79.9. The molecule has 1 heterocycles. The van der Waals surface area contributed by atoms with Crippen LogP contribution >= 0.6 is 59.1 Å². The molecule has 0 fully saturated rings. The molecule has 2 rings (SSSR count). The molecule has 5 heteroatoms. The molecule has 0 aliphatic rings. The minimum atomic E-state index is 0.845. The van der Waals surface area contributed by atoms with Gasteiger partial charge in [0.1, 0.15) is 0 Å². The molecular weight excluding hydrogens is 442 g/mol. The molecule has 0 saturated heterocycles. The molecule has 1 aromatic carbocycles. The Bertz CT molecular complexity index is 535. The van der Waals surface area contributed by atoms with Crippen molar-refractivity contribution in [1.82, 2.24) is 0 Å². The second-order valence-electron chi connectivity index (χ2n) is 4.10. The summed E-state index contributed by atoms with van der Waals surface area (Å²) in [4.78, 5) is 1.30. The Hall–Kier alpha value is 0.160. The molecule has 0 aliphatic heterocycles. The van der Waals surface area contributed by atoms with Crippen LogP contribution < -0.4 is 5.32 Å². The maximum Gasteiger partial charge on any atom is 0.0843 e. The Morgan fingerprint density at radius 2 is 1.67 bits per heavy atom. The highest BCUT2D eigenvalue weighted by Gasteiger charge is 2.07. The number of hydrogen-bond donors (Lipinski definition) is 1. The molecule has 0 amide bonds. The monoisotopic (exact) mass is 451 g/mol. The lowest BCUT2D eigenvalue weighted by atomic mass is 10.1. The lowest BCUT2D eigenvalue weighted by molar-refractivity contribution is 1.16. The SMILES string of the molecule is Cc1cc(Br)cc(C)c1NCc1cc(Br)c(Br)s1. The van der Waals surface area contributed by atoms with E-state index < -0.39 is 0 Å². The molecule has 0 atom stereocenters. The molecule has 0 saturated carbocycles. The Balaban J connectivity index is 2.15. The number of benzene rings is 1. The second-order valence-corrected chi connectivity index (χ2v) is 8.33. The molecule has 0 unspecified atom stereocenters. The van der Waals surface area contributed by atoms with Crippen LogP contribution in [0.4, 0.5) is 5.69 Å². The van der Waals surface area contributed by atoms with E-state index in [-0.39, 0.29) is 0 Å². The van der Waals surface area contributed by atoms with Gasteiger partial charge in [-0.2, -0.15) is 0 Å². The van der Waals surface area contributed by atoms with E-state index >= 15 is 0 Å². The van der Waals surface area contributed by atoms with Crippen molar-refractivity contribution in [3.63, 3.8) is 0 Å². The maximum atomic E-state index is 3.52. The van der Waals surface area contributed by atoms with E-state index in [1.807, 2.05) is 0 Å². The van der Waals surface area contributed by atoms with Crippen LogP contribution in [0.2, 0.25) is 0 Å². The first kappa shape index (κ1) is 14.6. The van der Waals surface area contributed by atoms with E-state index in [9.17, 15) is 0 Å². The number of rotatable bonds is 3. The molecule has 96 valence electrons. The number of anilines is 1. The third-order valence-electron chi connectivity index (χ3n) is 2.63. The Morgan fingerprint density at radius 1 is 1.06 bits per heavy atom. The quantitative estimate of drug-likeness (QED) is 0.578. The van der Waals surface area contributed by atoms with E-state index in [1.54, 1.807) is 11.3 Å². The summed E-state index contributed by atoms with van der Waals surface area (Å²) in [5, 5.41) is 3.51. The van der Waals surface area contributed by atoms with Crippen molar-refractivity contribution in [2.24, 2.45) is 0 Å². The van der Waals surface area contributed by atoms with Crippen LogP contribution in [0.3, 0.4) is 0 Å². The van der Waals surface area contributed by atoms with Gasteiger partial charge >= 0.3 is 0 Å². The largest absolute Gasteiger partial charge is 0.380 e. The second kappa shape index (κ2) is 6.07. The Kier molecular flexibility index (Phi) is 4.92. The lowest BCUT2D eigenvalue weighted by Crippen LogP contribution is -2.01. The van der Waals surface area contributed by atoms with E-state index in [0.717, 1.165) is 19.3 Å². The zero-order chi connectivity index (χ0) is 13.3. The molecule has 1 aromatic heterocycles. The number of halogens is 3. The van der Waals surface area contributed by atoms with Crippen LogP contribution in [0.15, 0.2) is 30.9 Å². The van der Waals surface area contributed by atoms with Gasteiger partial charge in [-0.05, 0) is 75.0 Å². The van der Waals surface area contributed by atoms with Gasteiger partial charge in [0.2, 0.25) is 0 Å². The van der Waals surface area contributed by atoms with Crippen molar-refractivity contribution >= 4 is 64.8 Å². The van der Waals surface area contributed by atoms with E-state index in [4.69, 9.17) is 0 Å². The van der Waals surface area contributed by atoms with Crippen molar-refractivity contribution in [3.05, 3.63) is 46.9 Å². The average Bonchev–Trinajstić information content (AvgIpc) is 2.56. The fourth-order valence-corrected chi connectivity index (χ4v) is 4.65. The summed E-state index contributed by atoms with van der Waals surface area (Å²) in [6.07, 6.45) is 0. The third-order valence-corrected chi connectivity index (χ3v) is 6.35. The minimum Gasteiger partial charge on any atom is -0.380 e. The maximum absolute atomic E-state index is 3.52. The molecule has 0 spiro atoms. The van der Waals surface area contributed by atoms with Gasteiger partial charge < -0.3 is 5.32 Å². The predicted molar refractivity (Wildman–Crippen MR) is 90.7 cm³/mol. The van der Waals surface area contributed by atoms with Crippen molar-refractivity contribution in [2.75, 3.05) is 5.32 Å². The van der Waals surface area contributed by atoms with Crippen LogP contribution in [-0.2, 0) is 6.54 Å². The van der Waals surface area contributed by atoms with Gasteiger partial charge in [0.25, 0.3) is 0 Å². The third kappa shape index (κ3) is 3.38. The summed E-state index contributed by atoms with van der Waals surface area (Å²) >= 11 is 12.3. The molecule has 18 heavy (non-hydrogen) atoms. The molecule has 2 aromatic rings. The molecule has 0 radical (unpaired) electrons. The van der Waals surface area contributed by atoms with Crippen molar-refractivity contribution in [2.45, 2.75) is 20.4 Å². The zero-order valence-corrected chi connectivity index (χ0v) is 15.6. The van der Waals surface area contributed by atoms with Gasteiger partial charge in [0.15, 0.2) is 0 Å². The molecule has 0 bridgehead atoms. The van der Waals surface area contributed by atoms with E-state index in [1.165, 1.54) is 21.7 Å². The predicted octanol–water partition coefficient (Wildman–Crippen LogP) is 6.26. The van der Waals surface area contributed by atoms with Gasteiger partial charge in [0, 0.05) is 26.1 Å². The Morgan fingerprint density at radius 3 is 2.17 bits per heavy atom. The van der Waals surface area contributed by atoms with Gasteiger partial charge in [-0.25, -0.2) is 0 Å². The van der Waals surface area contributed by atoms with Gasteiger partial charge in [-0.3, -0.25) is 0 Å². The first-order valence-corrected chi connectivity index (χ1v) is 8.61. The van der Waals surface area contributed by atoms with Crippen molar-refractivity contribution < 1.29 is 0 Å². The van der Waals surface area contributed by atoms with E-state index in [2.05, 4.69) is 85.2 Å². The van der Waals surface area contributed by atoms with Gasteiger partial charge in [-0.15, -0.1) is 11.3 Å². The van der Waals surface area contributed by atoms with Crippen LogP contribution in [0, 0.1) is 13.8 Å². The number of thiophene rings is 1. The van der Waals surface area contributed by atoms with Crippen LogP contribution in [0.5, 0.6) is 0 Å². The highest BCUT2D eigenvalue weighted by Crippen LogP contribution is 2.33. The Labute approximate surface area is 136 Å². The smallest absolute Gasteiger partial charge is 0.0843 e. The number of hydrogen-bond acceptors (Lipinski definition) is 2. The molecule has 1 N–H and O–H groups in total. The van der Waals surface area contributed by atoms with E-state index in [0.29, 0.717) is 0 Å². The van der Waals surface area contributed by atoms with Crippen LogP contribution in [0.1, 0.15) is 16.0 Å². The summed E-state index contributed by atoms with van der Waals surface area (Å²) in [5.74, 6) is 0. The summed E-state index contributed by atoms with van der Waals surface area (Å²) in [6.45, 7) is 5.10. The molecule has 1 nitrogen and oxygen atoms in total. The molecular formula is C13H12Br3NS. The highest BCUT2D eigenvalue weighted by molar-refractivity contribution is 9.13. The summed E-state index contributed by atoms with van der Waals surface area (Å²) in [5.41, 5.74) is 3.74. The van der Waals surface area contributed by atoms with Crippen molar-refractivity contribution in [1.29, 1.82) is 0 Å². The minimum absolute atomic E-state index is 0.845. The fourth-order valence-electron chi connectivity index (χ4n) is 1.84. The van der Waals surface area contributed by atoms with Crippen molar-refractivity contribution in [3.8, 4) is 0 Å². The van der Waals surface area contributed by atoms with Crippen LogP contribution in [0.25, 0.3) is 0 Å². The average molecular weight is 454 g/mol. The first-order valence-electron chi connectivity index (χ1n) is 5.41. The van der Waals surface area contributed by atoms with Crippen LogP contribution in [-0.4, -0.2) is 0 Å². The normalized spacial score (nSPS) is 10.7. The zero-order valence-electron chi connectivity index (χ0n) is 9.98. The topological polar surface area (TPSA) is 12.0 Å². The van der Waals surface area contributed by atoms with Gasteiger partial charge in [0.05, 0.1) is 3.79 Å². The lowest BCUT2D eigenvalue weighted by Gasteiger charge is -2.12. The summed E-state index contributed by atoms with van der Waals surface area (Å²) in [7, 11) is 0. The fraction of sp³-hybridized carbons (Fsp3) is 0.231.